The van der Waals surface area contributed by atoms with Crippen LogP contribution in [0.1, 0.15) is 11.8 Å². The Balaban J connectivity index is 1.54. The van der Waals surface area contributed by atoms with Crippen molar-refractivity contribution in [2.45, 2.75) is 13.8 Å². The summed E-state index contributed by atoms with van der Waals surface area (Å²) in [4.78, 5) is 9.41. The van der Waals surface area contributed by atoms with Crippen LogP contribution in [-0.4, -0.2) is 9.97 Å². The third kappa shape index (κ3) is 3.08. The zero-order chi connectivity index (χ0) is 21.7. The van der Waals surface area contributed by atoms with Crippen molar-refractivity contribution in [1.29, 1.82) is 0 Å². The van der Waals surface area contributed by atoms with Crippen LogP contribution in [0.25, 0.3) is 55.6 Å². The molecule has 4 heteroatoms. The molecular weight excluding hydrogens is 396 g/mol. The first-order chi connectivity index (χ1) is 15.7. The summed E-state index contributed by atoms with van der Waals surface area (Å²) in [5, 5.41) is 4.68. The topological polar surface area (TPSA) is 52.1 Å². The van der Waals surface area contributed by atoms with Crippen molar-refractivity contribution in [3.05, 3.63) is 96.7 Å². The second-order valence-corrected chi connectivity index (χ2v) is 7.95. The van der Waals surface area contributed by atoms with E-state index in [1.807, 2.05) is 38.1 Å². The average Bonchev–Trinajstić information content (AvgIpc) is 3.40. The number of benzene rings is 4. The molecule has 2 aromatic heterocycles. The molecule has 4 nitrogen and oxygen atoms in total. The summed E-state index contributed by atoms with van der Waals surface area (Å²) in [7, 11) is 0. The van der Waals surface area contributed by atoms with Gasteiger partial charge in [-0.1, -0.05) is 72.8 Å². The lowest BCUT2D eigenvalue weighted by Crippen LogP contribution is -1.86. The van der Waals surface area contributed by atoms with Crippen LogP contribution in [0.15, 0.2) is 93.8 Å². The van der Waals surface area contributed by atoms with Gasteiger partial charge in [-0.25, -0.2) is 9.97 Å². The van der Waals surface area contributed by atoms with E-state index in [4.69, 9.17) is 18.8 Å². The number of nitrogens with zero attached hydrogens (tertiary/aromatic N) is 2. The van der Waals surface area contributed by atoms with E-state index >= 15 is 0 Å². The fraction of sp³-hybridized carbons (Fsp3) is 0.0714. The molecule has 6 rings (SSSR count). The highest BCUT2D eigenvalue weighted by Gasteiger charge is 2.24. The molecule has 0 amide bonds. The summed E-state index contributed by atoms with van der Waals surface area (Å²) < 4.78 is 12.2. The van der Waals surface area contributed by atoms with Crippen LogP contribution in [-0.2, 0) is 0 Å². The van der Waals surface area contributed by atoms with Crippen molar-refractivity contribution in [3.63, 3.8) is 0 Å². The van der Waals surface area contributed by atoms with Gasteiger partial charge in [0.25, 0.3) is 0 Å². The zero-order valence-electron chi connectivity index (χ0n) is 17.8. The molecule has 0 aliphatic heterocycles. The number of fused-ring (bicyclic) bond motifs is 2. The average molecular weight is 416 g/mol. The van der Waals surface area contributed by atoms with E-state index < -0.39 is 0 Å². The summed E-state index contributed by atoms with van der Waals surface area (Å²) in [6.07, 6.45) is 0. The number of hydrogen-bond acceptors (Lipinski definition) is 4. The summed E-state index contributed by atoms with van der Waals surface area (Å²) in [6.45, 7) is 3.71. The Kier molecular flexibility index (Phi) is 4.18. The van der Waals surface area contributed by atoms with Gasteiger partial charge in [0.2, 0.25) is 0 Å². The maximum Gasteiger partial charge on any atom is 0.200 e. The van der Waals surface area contributed by atoms with Gasteiger partial charge in [-0.05, 0) is 33.7 Å². The Hall–Kier alpha value is -4.18. The predicted molar refractivity (Wildman–Crippen MR) is 127 cm³/mol. The molecule has 0 fully saturated rings. The first kappa shape index (κ1) is 18.6. The van der Waals surface area contributed by atoms with Crippen molar-refractivity contribution in [1.82, 2.24) is 9.97 Å². The molecule has 0 aliphatic rings. The van der Waals surface area contributed by atoms with E-state index in [9.17, 15) is 0 Å². The number of aromatic nitrogens is 2. The molecule has 6 aromatic rings. The molecular formula is C28H20N2O2. The molecule has 0 spiro atoms. The molecule has 0 unspecified atom stereocenters. The van der Waals surface area contributed by atoms with Crippen LogP contribution in [0.3, 0.4) is 0 Å². The van der Waals surface area contributed by atoms with E-state index in [1.54, 1.807) is 0 Å². The molecule has 0 saturated heterocycles. The molecule has 2 heterocycles. The van der Waals surface area contributed by atoms with Gasteiger partial charge in [-0.2, -0.15) is 0 Å². The Bertz CT molecular complexity index is 1490. The summed E-state index contributed by atoms with van der Waals surface area (Å²) in [6, 6.07) is 29.2. The van der Waals surface area contributed by atoms with Gasteiger partial charge in [0, 0.05) is 25.0 Å². The Morgan fingerprint density at radius 2 is 0.906 bits per heavy atom. The van der Waals surface area contributed by atoms with Crippen molar-refractivity contribution in [2.24, 2.45) is 0 Å². The number of aryl methyl sites for hydroxylation is 2. The van der Waals surface area contributed by atoms with Crippen molar-refractivity contribution in [3.8, 4) is 34.0 Å². The number of rotatable bonds is 3. The molecule has 0 atom stereocenters. The molecule has 32 heavy (non-hydrogen) atoms. The van der Waals surface area contributed by atoms with Gasteiger partial charge < -0.3 is 8.83 Å². The summed E-state index contributed by atoms with van der Waals surface area (Å²) in [5.74, 6) is 2.37. The molecule has 0 N–H and O–H groups in total. The highest BCUT2D eigenvalue weighted by Crippen LogP contribution is 2.40. The quantitative estimate of drug-likeness (QED) is 0.298. The van der Waals surface area contributed by atoms with Gasteiger partial charge in [0.15, 0.2) is 23.3 Å². The standard InChI is InChI=1S/C28H20N2O2/c1-17-29-25(23-13-11-19-7-3-5-9-21(19)15-23)27(31-17)28-26(30-18(2)32-28)24-14-12-20-8-4-6-10-22(20)16-24/h3-16H,1-2H3. The second-order valence-electron chi connectivity index (χ2n) is 7.95. The van der Waals surface area contributed by atoms with Gasteiger partial charge >= 0.3 is 0 Å². The molecule has 0 radical (unpaired) electrons. The summed E-state index contributed by atoms with van der Waals surface area (Å²) in [5.41, 5.74) is 3.47. The fourth-order valence-corrected chi connectivity index (χ4v) is 4.23. The lowest BCUT2D eigenvalue weighted by Gasteiger charge is -2.05. The molecule has 154 valence electrons. The Labute approximate surface area is 185 Å². The van der Waals surface area contributed by atoms with Gasteiger partial charge in [-0.3, -0.25) is 0 Å². The van der Waals surface area contributed by atoms with E-state index in [0.717, 1.165) is 33.3 Å². The maximum atomic E-state index is 6.09. The Morgan fingerprint density at radius 3 is 1.34 bits per heavy atom. The minimum Gasteiger partial charge on any atom is -0.437 e. The highest BCUT2D eigenvalue weighted by molar-refractivity contribution is 5.92. The normalized spacial score (nSPS) is 11.4. The zero-order valence-corrected chi connectivity index (χ0v) is 17.8. The molecule has 0 aliphatic carbocycles. The highest BCUT2D eigenvalue weighted by atomic mass is 16.4. The first-order valence-corrected chi connectivity index (χ1v) is 10.6. The number of oxazole rings is 2. The van der Waals surface area contributed by atoms with Crippen LogP contribution in [0.2, 0.25) is 0 Å². The maximum absolute atomic E-state index is 6.09. The van der Waals surface area contributed by atoms with Crippen LogP contribution >= 0.6 is 0 Å². The summed E-state index contributed by atoms with van der Waals surface area (Å²) >= 11 is 0. The van der Waals surface area contributed by atoms with Crippen LogP contribution in [0.5, 0.6) is 0 Å². The van der Waals surface area contributed by atoms with E-state index in [1.165, 1.54) is 10.8 Å². The first-order valence-electron chi connectivity index (χ1n) is 10.6. The molecule has 4 aromatic carbocycles. The minimum absolute atomic E-state index is 0.585. The smallest absolute Gasteiger partial charge is 0.200 e. The Morgan fingerprint density at radius 1 is 0.500 bits per heavy atom. The lowest BCUT2D eigenvalue weighted by atomic mass is 10.0. The predicted octanol–water partition coefficient (Wildman–Crippen LogP) is 7.59. The van der Waals surface area contributed by atoms with Crippen molar-refractivity contribution in [2.75, 3.05) is 0 Å². The van der Waals surface area contributed by atoms with Gasteiger partial charge in [0.05, 0.1) is 0 Å². The van der Waals surface area contributed by atoms with E-state index in [-0.39, 0.29) is 0 Å². The van der Waals surface area contributed by atoms with Gasteiger partial charge in [-0.15, -0.1) is 0 Å². The second kappa shape index (κ2) is 7.20. The monoisotopic (exact) mass is 416 g/mol. The third-order valence-corrected chi connectivity index (χ3v) is 5.72. The van der Waals surface area contributed by atoms with Crippen LogP contribution < -0.4 is 0 Å². The van der Waals surface area contributed by atoms with Crippen molar-refractivity contribution >= 4 is 21.5 Å². The SMILES string of the molecule is Cc1nc(-c2ccc3ccccc3c2)c(-c2oc(C)nc2-c2ccc3ccccc3c2)o1. The fourth-order valence-electron chi connectivity index (χ4n) is 4.23. The minimum atomic E-state index is 0.585. The molecule has 0 bridgehead atoms. The number of hydrogen-bond donors (Lipinski definition) is 0. The largest absolute Gasteiger partial charge is 0.437 e. The van der Waals surface area contributed by atoms with Crippen LogP contribution in [0.4, 0.5) is 0 Å². The van der Waals surface area contributed by atoms with E-state index in [2.05, 4.69) is 60.7 Å². The third-order valence-electron chi connectivity index (χ3n) is 5.72. The van der Waals surface area contributed by atoms with E-state index in [0.29, 0.717) is 23.3 Å². The van der Waals surface area contributed by atoms with Gasteiger partial charge in [0.1, 0.15) is 11.4 Å². The lowest BCUT2D eigenvalue weighted by molar-refractivity contribution is 0.485. The van der Waals surface area contributed by atoms with Crippen molar-refractivity contribution < 1.29 is 8.83 Å². The molecule has 0 saturated carbocycles. The van der Waals surface area contributed by atoms with Crippen LogP contribution in [0, 0.1) is 13.8 Å².